The molecule has 0 aromatic heterocycles. The van der Waals surface area contributed by atoms with E-state index in [0.717, 1.165) is 5.56 Å². The Balaban J connectivity index is 2.95. The van der Waals surface area contributed by atoms with Crippen molar-refractivity contribution in [2.75, 3.05) is 24.7 Å². The third kappa shape index (κ3) is 3.54. The van der Waals surface area contributed by atoms with Crippen molar-refractivity contribution in [1.29, 1.82) is 0 Å². The zero-order valence-corrected chi connectivity index (χ0v) is 11.5. The summed E-state index contributed by atoms with van der Waals surface area (Å²) in [7, 11) is -3.05. The first-order valence-corrected chi connectivity index (χ1v) is 7.88. The fraction of sp³-hybridized carbons (Fsp3) is 0.538. The van der Waals surface area contributed by atoms with Crippen molar-refractivity contribution in [3.05, 3.63) is 35.9 Å². The van der Waals surface area contributed by atoms with Crippen LogP contribution in [0.5, 0.6) is 0 Å². The smallest absolute Gasteiger partial charge is 0.150 e. The summed E-state index contributed by atoms with van der Waals surface area (Å²) in [5, 5.41) is 9.62. The van der Waals surface area contributed by atoms with Gasteiger partial charge in [0.15, 0.2) is 0 Å². The van der Waals surface area contributed by atoms with Crippen LogP contribution in [-0.4, -0.2) is 38.2 Å². The Morgan fingerprint density at radius 1 is 1.28 bits per heavy atom. The highest BCUT2D eigenvalue weighted by atomic mass is 32.2. The summed E-state index contributed by atoms with van der Waals surface area (Å²) in [6, 6.07) is 9.36. The molecule has 1 aromatic rings. The molecular weight excluding hydrogens is 250 g/mol. The molecule has 0 heterocycles. The van der Waals surface area contributed by atoms with E-state index in [2.05, 4.69) is 0 Å². The van der Waals surface area contributed by atoms with Crippen molar-refractivity contribution in [3.63, 3.8) is 0 Å². The van der Waals surface area contributed by atoms with Gasteiger partial charge in [0.2, 0.25) is 0 Å². The Morgan fingerprint density at radius 2 is 1.89 bits per heavy atom. The molecule has 1 aromatic carbocycles. The molecule has 3 N–H and O–H groups in total. The van der Waals surface area contributed by atoms with E-state index in [-0.39, 0.29) is 24.7 Å². The van der Waals surface area contributed by atoms with Crippen LogP contribution >= 0.6 is 0 Å². The van der Waals surface area contributed by atoms with Crippen molar-refractivity contribution in [1.82, 2.24) is 0 Å². The predicted molar refractivity (Wildman–Crippen MR) is 73.2 cm³/mol. The average molecular weight is 271 g/mol. The summed E-state index contributed by atoms with van der Waals surface area (Å²) in [4.78, 5) is 0. The Hall–Kier alpha value is -0.910. The molecule has 0 saturated carbocycles. The molecule has 1 unspecified atom stereocenters. The Bertz CT molecular complexity index is 452. The molecule has 0 aliphatic heterocycles. The van der Waals surface area contributed by atoms with E-state index >= 15 is 0 Å². The number of nitrogens with two attached hydrogens (primary N) is 1. The zero-order chi connectivity index (χ0) is 13.6. The van der Waals surface area contributed by atoms with E-state index in [1.54, 1.807) is 6.92 Å². The lowest BCUT2D eigenvalue weighted by Crippen LogP contribution is -2.40. The number of rotatable bonds is 7. The molecule has 0 spiro atoms. The van der Waals surface area contributed by atoms with Gasteiger partial charge in [-0.05, 0) is 12.0 Å². The largest absolute Gasteiger partial charge is 0.395 e. The molecule has 102 valence electrons. The summed E-state index contributed by atoms with van der Waals surface area (Å²) in [6.45, 7) is 1.71. The van der Waals surface area contributed by atoms with Gasteiger partial charge in [0.05, 0.1) is 12.4 Å². The number of hydrogen-bond acceptors (Lipinski definition) is 4. The molecule has 0 radical (unpaired) electrons. The van der Waals surface area contributed by atoms with Crippen LogP contribution < -0.4 is 5.73 Å². The van der Waals surface area contributed by atoms with Gasteiger partial charge in [0.1, 0.15) is 9.84 Å². The molecule has 4 nitrogen and oxygen atoms in total. The highest BCUT2D eigenvalue weighted by Crippen LogP contribution is 2.27. The Labute approximate surface area is 109 Å². The molecule has 5 heteroatoms. The van der Waals surface area contributed by atoms with Crippen molar-refractivity contribution in [3.8, 4) is 0 Å². The highest BCUT2D eigenvalue weighted by molar-refractivity contribution is 7.91. The maximum atomic E-state index is 11.6. The van der Waals surface area contributed by atoms with Gasteiger partial charge in [-0.15, -0.1) is 0 Å². The SMILES string of the molecule is CCS(=O)(=O)CCC(CN)(CO)c1ccccc1. The molecule has 0 fully saturated rings. The molecular formula is C13H21NO3S. The van der Waals surface area contributed by atoms with Crippen molar-refractivity contribution >= 4 is 9.84 Å². The lowest BCUT2D eigenvalue weighted by atomic mass is 9.79. The van der Waals surface area contributed by atoms with Crippen LogP contribution in [0.2, 0.25) is 0 Å². The minimum absolute atomic E-state index is 0.0517. The molecule has 18 heavy (non-hydrogen) atoms. The van der Waals surface area contributed by atoms with Gasteiger partial charge in [-0.3, -0.25) is 0 Å². The molecule has 0 amide bonds. The average Bonchev–Trinajstić information content (AvgIpc) is 2.42. The third-order valence-corrected chi connectivity index (χ3v) is 5.12. The van der Waals surface area contributed by atoms with E-state index in [1.807, 2.05) is 30.3 Å². The monoisotopic (exact) mass is 271 g/mol. The molecule has 0 saturated heterocycles. The van der Waals surface area contributed by atoms with E-state index in [9.17, 15) is 13.5 Å². The van der Waals surface area contributed by atoms with Crippen LogP contribution in [0.4, 0.5) is 0 Å². The highest BCUT2D eigenvalue weighted by Gasteiger charge is 2.31. The Kier molecular flexibility index (Phi) is 5.31. The molecule has 0 aliphatic carbocycles. The van der Waals surface area contributed by atoms with E-state index < -0.39 is 15.3 Å². The summed E-state index contributed by atoms with van der Waals surface area (Å²) in [6.07, 6.45) is 0.347. The van der Waals surface area contributed by atoms with Gasteiger partial charge < -0.3 is 10.8 Å². The van der Waals surface area contributed by atoms with Crippen LogP contribution in [0.1, 0.15) is 18.9 Å². The lowest BCUT2D eigenvalue weighted by molar-refractivity contribution is 0.193. The predicted octanol–water partition coefficient (Wildman–Crippen LogP) is 0.700. The lowest BCUT2D eigenvalue weighted by Gasteiger charge is -2.31. The minimum atomic E-state index is -3.05. The van der Waals surface area contributed by atoms with E-state index in [1.165, 1.54) is 0 Å². The van der Waals surface area contributed by atoms with Gasteiger partial charge in [0.25, 0.3) is 0 Å². The van der Waals surface area contributed by atoms with Crippen LogP contribution in [0.3, 0.4) is 0 Å². The fourth-order valence-electron chi connectivity index (χ4n) is 1.89. The molecule has 0 bridgehead atoms. The van der Waals surface area contributed by atoms with E-state index in [4.69, 9.17) is 5.73 Å². The maximum absolute atomic E-state index is 11.6. The van der Waals surface area contributed by atoms with E-state index in [0.29, 0.717) is 6.42 Å². The summed E-state index contributed by atoms with van der Waals surface area (Å²) >= 11 is 0. The van der Waals surface area contributed by atoms with Gasteiger partial charge in [-0.25, -0.2) is 8.42 Å². The zero-order valence-electron chi connectivity index (χ0n) is 10.7. The summed E-state index contributed by atoms with van der Waals surface area (Å²) in [5.41, 5.74) is 5.99. The number of aliphatic hydroxyl groups is 1. The normalized spacial score (nSPS) is 15.3. The van der Waals surface area contributed by atoms with Crippen LogP contribution in [0.25, 0.3) is 0 Å². The van der Waals surface area contributed by atoms with Gasteiger partial charge in [0, 0.05) is 17.7 Å². The first-order chi connectivity index (χ1) is 8.49. The minimum Gasteiger partial charge on any atom is -0.395 e. The van der Waals surface area contributed by atoms with Crippen molar-refractivity contribution < 1.29 is 13.5 Å². The third-order valence-electron chi connectivity index (χ3n) is 3.41. The first-order valence-electron chi connectivity index (χ1n) is 6.06. The molecule has 0 aliphatic rings. The molecule has 1 rings (SSSR count). The van der Waals surface area contributed by atoms with Crippen LogP contribution in [-0.2, 0) is 15.3 Å². The van der Waals surface area contributed by atoms with Crippen molar-refractivity contribution in [2.24, 2.45) is 5.73 Å². The van der Waals surface area contributed by atoms with Crippen LogP contribution in [0, 0.1) is 0 Å². The van der Waals surface area contributed by atoms with Gasteiger partial charge >= 0.3 is 0 Å². The topological polar surface area (TPSA) is 80.4 Å². The molecule has 1 atom stereocenters. The number of benzene rings is 1. The second-order valence-electron chi connectivity index (χ2n) is 4.49. The first kappa shape index (κ1) is 15.1. The van der Waals surface area contributed by atoms with Crippen LogP contribution in [0.15, 0.2) is 30.3 Å². The Morgan fingerprint density at radius 3 is 2.33 bits per heavy atom. The van der Waals surface area contributed by atoms with Gasteiger partial charge in [-0.2, -0.15) is 0 Å². The summed E-state index contributed by atoms with van der Waals surface area (Å²) in [5.74, 6) is 0.171. The second-order valence-corrected chi connectivity index (χ2v) is 6.97. The number of hydrogen-bond donors (Lipinski definition) is 2. The number of aliphatic hydroxyl groups excluding tert-OH is 1. The van der Waals surface area contributed by atoms with Gasteiger partial charge in [-0.1, -0.05) is 37.3 Å². The summed E-state index contributed by atoms with van der Waals surface area (Å²) < 4.78 is 23.2. The number of sulfone groups is 1. The standard InChI is InChI=1S/C13H21NO3S/c1-2-18(16,17)9-8-13(10-14,11-15)12-6-4-3-5-7-12/h3-7,15H,2,8-11,14H2,1H3. The maximum Gasteiger partial charge on any atom is 0.150 e. The van der Waals surface area contributed by atoms with Crippen molar-refractivity contribution in [2.45, 2.75) is 18.8 Å². The fourth-order valence-corrected chi connectivity index (χ4v) is 2.88. The second kappa shape index (κ2) is 6.31. The quantitative estimate of drug-likeness (QED) is 0.765.